The summed E-state index contributed by atoms with van der Waals surface area (Å²) >= 11 is 5.72. The van der Waals surface area contributed by atoms with Crippen LogP contribution in [0.3, 0.4) is 0 Å². The molecule has 0 radical (unpaired) electrons. The number of rotatable bonds is 7. The van der Waals surface area contributed by atoms with Crippen LogP contribution in [0.1, 0.15) is 26.3 Å². The van der Waals surface area contributed by atoms with Crippen molar-refractivity contribution in [2.45, 2.75) is 31.6 Å². The Labute approximate surface area is 191 Å². The molecule has 160 valence electrons. The van der Waals surface area contributed by atoms with Crippen LogP contribution in [0.15, 0.2) is 73.9 Å². The molecule has 1 heterocycles. The first kappa shape index (κ1) is 24.2. The summed E-state index contributed by atoms with van der Waals surface area (Å²) in [6, 6.07) is 14.8. The summed E-state index contributed by atoms with van der Waals surface area (Å²) in [4.78, 5) is 0. The molecule has 0 amide bonds. The minimum Gasteiger partial charge on any atom is -0.496 e. The largest absolute Gasteiger partial charge is 0.496 e. The zero-order valence-corrected chi connectivity index (χ0v) is 20.2. The van der Waals surface area contributed by atoms with Gasteiger partial charge in [-0.05, 0) is 50.1 Å². The van der Waals surface area contributed by atoms with Crippen LogP contribution in [-0.2, 0) is 0 Å². The predicted octanol–water partition coefficient (Wildman–Crippen LogP) is 7.36. The van der Waals surface area contributed by atoms with Crippen LogP contribution in [0.4, 0.5) is 5.69 Å². The van der Waals surface area contributed by atoms with Crippen molar-refractivity contribution in [3.8, 4) is 16.9 Å². The van der Waals surface area contributed by atoms with Crippen LogP contribution in [0.25, 0.3) is 16.7 Å². The Bertz CT molecular complexity index is 902. The van der Waals surface area contributed by atoms with Gasteiger partial charge in [0.2, 0.25) is 0 Å². The molecule has 30 heavy (non-hydrogen) atoms. The lowest BCUT2D eigenvalue weighted by molar-refractivity contribution is 0.416. The highest BCUT2D eigenvalue weighted by Crippen LogP contribution is 2.42. The Hall–Kier alpha value is -2.04. The number of fused-ring (bicyclic) bond motifs is 1. The first-order chi connectivity index (χ1) is 14.4. The average Bonchev–Trinajstić information content (AvgIpc) is 2.76. The van der Waals surface area contributed by atoms with Gasteiger partial charge in [0, 0.05) is 33.6 Å². The molecule has 0 saturated heterocycles. The number of benzene rings is 2. The standard InChI is InChI=1S/C23H27NOS.C3H6S/c1-6-13-26-16(2)20-15-23(3,4)24-21-12-11-17(14-19(20)21)18-9-7-8-10-22(18)25-5;1-2-3-4/h6-12,14-16,24H,1,13H2,2-5H3;2,4H,1,3H2. The smallest absolute Gasteiger partial charge is 0.126 e. The van der Waals surface area contributed by atoms with Crippen LogP contribution in [0, 0.1) is 0 Å². The van der Waals surface area contributed by atoms with E-state index >= 15 is 0 Å². The van der Waals surface area contributed by atoms with Crippen LogP contribution in [0.2, 0.25) is 0 Å². The van der Waals surface area contributed by atoms with E-state index in [9.17, 15) is 0 Å². The first-order valence-electron chi connectivity index (χ1n) is 10.1. The van der Waals surface area contributed by atoms with Gasteiger partial charge >= 0.3 is 0 Å². The van der Waals surface area contributed by atoms with Crippen molar-refractivity contribution in [1.82, 2.24) is 0 Å². The second-order valence-electron chi connectivity index (χ2n) is 7.64. The number of thiol groups is 1. The molecule has 2 nitrogen and oxygen atoms in total. The molecule has 3 rings (SSSR count). The summed E-state index contributed by atoms with van der Waals surface area (Å²) in [7, 11) is 1.72. The van der Waals surface area contributed by atoms with Crippen molar-refractivity contribution in [2.24, 2.45) is 0 Å². The number of nitrogens with one attached hydrogen (secondary N) is 1. The molecule has 1 N–H and O–H groups in total. The van der Waals surface area contributed by atoms with E-state index in [1.807, 2.05) is 30.0 Å². The van der Waals surface area contributed by atoms with E-state index < -0.39 is 0 Å². The molecule has 1 aliphatic rings. The molecule has 2 aromatic carbocycles. The van der Waals surface area contributed by atoms with Gasteiger partial charge in [-0.15, -0.1) is 24.9 Å². The topological polar surface area (TPSA) is 21.3 Å². The maximum atomic E-state index is 5.56. The molecular weight excluding hydrogens is 406 g/mol. The molecule has 0 saturated carbocycles. The first-order valence-corrected chi connectivity index (χ1v) is 11.8. The fourth-order valence-electron chi connectivity index (χ4n) is 3.43. The van der Waals surface area contributed by atoms with E-state index in [4.69, 9.17) is 4.74 Å². The number of thioether (sulfide) groups is 1. The molecule has 0 spiro atoms. The van der Waals surface area contributed by atoms with Crippen molar-refractivity contribution in [2.75, 3.05) is 23.9 Å². The molecule has 0 aromatic heterocycles. The third-order valence-corrected chi connectivity index (χ3v) is 6.19. The van der Waals surface area contributed by atoms with Crippen molar-refractivity contribution < 1.29 is 4.74 Å². The molecule has 0 bridgehead atoms. The van der Waals surface area contributed by atoms with Gasteiger partial charge in [-0.2, -0.15) is 12.6 Å². The molecule has 0 fully saturated rings. The third kappa shape index (κ3) is 6.23. The van der Waals surface area contributed by atoms with Crippen molar-refractivity contribution in [3.05, 3.63) is 79.4 Å². The van der Waals surface area contributed by atoms with Gasteiger partial charge in [0.1, 0.15) is 5.75 Å². The van der Waals surface area contributed by atoms with E-state index in [1.54, 1.807) is 13.2 Å². The Balaban J connectivity index is 0.000000735. The van der Waals surface area contributed by atoms with Gasteiger partial charge in [0.15, 0.2) is 0 Å². The second kappa shape index (κ2) is 11.4. The second-order valence-corrected chi connectivity index (χ2v) is 9.38. The van der Waals surface area contributed by atoms with Crippen molar-refractivity contribution in [3.63, 3.8) is 0 Å². The molecule has 1 atom stereocenters. The van der Waals surface area contributed by atoms with Crippen LogP contribution in [0.5, 0.6) is 5.75 Å². The number of para-hydroxylation sites is 1. The lowest BCUT2D eigenvalue weighted by Crippen LogP contribution is -2.33. The summed E-state index contributed by atoms with van der Waals surface area (Å²) in [5.41, 5.74) is 6.08. The third-order valence-electron chi connectivity index (χ3n) is 4.75. The van der Waals surface area contributed by atoms with Gasteiger partial charge in [-0.25, -0.2) is 0 Å². The van der Waals surface area contributed by atoms with E-state index in [1.165, 1.54) is 22.4 Å². The highest BCUT2D eigenvalue weighted by Gasteiger charge is 2.27. The zero-order valence-electron chi connectivity index (χ0n) is 18.4. The fourth-order valence-corrected chi connectivity index (χ4v) is 4.23. The summed E-state index contributed by atoms with van der Waals surface area (Å²) in [6.45, 7) is 14.0. The Kier molecular flexibility index (Phi) is 9.19. The quantitative estimate of drug-likeness (QED) is 0.348. The van der Waals surface area contributed by atoms with Crippen LogP contribution < -0.4 is 10.1 Å². The minimum absolute atomic E-state index is 0.0582. The van der Waals surface area contributed by atoms with E-state index in [0.717, 1.165) is 22.8 Å². The maximum absolute atomic E-state index is 5.56. The number of methoxy groups -OCH3 is 1. The minimum atomic E-state index is -0.0582. The van der Waals surface area contributed by atoms with Gasteiger partial charge in [0.25, 0.3) is 0 Å². The Morgan fingerprint density at radius 3 is 2.47 bits per heavy atom. The Morgan fingerprint density at radius 2 is 1.83 bits per heavy atom. The van der Waals surface area contributed by atoms with Gasteiger partial charge < -0.3 is 10.1 Å². The molecule has 1 aliphatic heterocycles. The number of hydrogen-bond acceptors (Lipinski definition) is 4. The molecular formula is C26H33NOS2. The number of anilines is 1. The van der Waals surface area contributed by atoms with E-state index in [-0.39, 0.29) is 5.54 Å². The lowest BCUT2D eigenvalue weighted by Gasteiger charge is -2.34. The maximum Gasteiger partial charge on any atom is 0.126 e. The number of hydrogen-bond donors (Lipinski definition) is 2. The predicted molar refractivity (Wildman–Crippen MR) is 140 cm³/mol. The molecule has 4 heteroatoms. The fraction of sp³-hybridized carbons (Fsp3) is 0.308. The summed E-state index contributed by atoms with van der Waals surface area (Å²) in [5, 5.41) is 4.05. The van der Waals surface area contributed by atoms with Gasteiger partial charge in [-0.1, -0.05) is 42.5 Å². The zero-order chi connectivity index (χ0) is 22.1. The van der Waals surface area contributed by atoms with Gasteiger partial charge in [0.05, 0.1) is 12.6 Å². The molecule has 2 aromatic rings. The summed E-state index contributed by atoms with van der Waals surface area (Å²) in [5.74, 6) is 2.63. The lowest BCUT2D eigenvalue weighted by atomic mass is 9.87. The van der Waals surface area contributed by atoms with Gasteiger partial charge in [-0.3, -0.25) is 0 Å². The summed E-state index contributed by atoms with van der Waals surface area (Å²) in [6.07, 6.45) is 6.07. The van der Waals surface area contributed by atoms with Crippen molar-refractivity contribution >= 4 is 35.7 Å². The normalized spacial score (nSPS) is 14.8. The SMILES string of the molecule is C=CCS.C=CCSC(C)C1=CC(C)(C)Nc2ccc(-c3ccccc3OC)cc21. The van der Waals surface area contributed by atoms with Crippen molar-refractivity contribution in [1.29, 1.82) is 0 Å². The van der Waals surface area contributed by atoms with E-state index in [0.29, 0.717) is 5.25 Å². The Morgan fingerprint density at radius 1 is 1.13 bits per heavy atom. The molecule has 1 unspecified atom stereocenters. The highest BCUT2D eigenvalue weighted by molar-refractivity contribution is 8.00. The monoisotopic (exact) mass is 439 g/mol. The van der Waals surface area contributed by atoms with Crippen LogP contribution in [-0.4, -0.2) is 29.4 Å². The average molecular weight is 440 g/mol. The van der Waals surface area contributed by atoms with E-state index in [2.05, 4.69) is 88.3 Å². The molecule has 0 aliphatic carbocycles. The van der Waals surface area contributed by atoms with Crippen LogP contribution >= 0.6 is 24.4 Å². The highest BCUT2D eigenvalue weighted by atomic mass is 32.2. The summed E-state index contributed by atoms with van der Waals surface area (Å²) < 4.78 is 5.56. The number of ether oxygens (including phenoxy) is 1.